The first kappa shape index (κ1) is 67.3. The van der Waals surface area contributed by atoms with Gasteiger partial charge in [0.15, 0.2) is 0 Å². The van der Waals surface area contributed by atoms with Gasteiger partial charge in [0.2, 0.25) is 29.5 Å². The van der Waals surface area contributed by atoms with Crippen molar-refractivity contribution >= 4 is 64.7 Å². The molecule has 456 valence electrons. The molecular formula is C65H86N10O10. The van der Waals surface area contributed by atoms with E-state index >= 15 is 0 Å². The summed E-state index contributed by atoms with van der Waals surface area (Å²) in [5.74, 6) is 2.84. The van der Waals surface area contributed by atoms with Crippen LogP contribution in [0.4, 0.5) is 26.7 Å². The number of urea groups is 1. The zero-order valence-electron chi connectivity index (χ0n) is 51.1. The number of carbonyl (C=O) groups excluding carboxylic acids is 7. The third-order valence-corrected chi connectivity index (χ3v) is 15.1. The number of hydrogen-bond acceptors (Lipinski definition) is 11. The van der Waals surface area contributed by atoms with Crippen LogP contribution in [0.2, 0.25) is 0 Å². The highest BCUT2D eigenvalue weighted by Crippen LogP contribution is 2.31. The van der Waals surface area contributed by atoms with E-state index in [1.54, 1.807) is 81.3 Å². The number of rotatable bonds is 27. The second-order valence-electron chi connectivity index (χ2n) is 23.9. The van der Waals surface area contributed by atoms with Gasteiger partial charge in [0.05, 0.1) is 18.3 Å². The molecule has 0 saturated carbocycles. The summed E-state index contributed by atoms with van der Waals surface area (Å²) in [4.78, 5) is 109. The highest BCUT2D eigenvalue weighted by atomic mass is 16.5. The van der Waals surface area contributed by atoms with Gasteiger partial charge in [-0.3, -0.25) is 34.2 Å². The summed E-state index contributed by atoms with van der Waals surface area (Å²) in [6.07, 6.45) is 1.03. The maximum atomic E-state index is 14.2. The number of anilines is 3. The molecule has 0 saturated heterocycles. The van der Waals surface area contributed by atoms with Crippen LogP contribution in [-0.4, -0.2) is 115 Å². The van der Waals surface area contributed by atoms with Gasteiger partial charge >= 0.3 is 18.1 Å². The van der Waals surface area contributed by atoms with Crippen molar-refractivity contribution in [2.24, 2.45) is 23.0 Å². The zero-order chi connectivity index (χ0) is 62.8. The van der Waals surface area contributed by atoms with E-state index in [2.05, 4.69) is 74.7 Å². The molecule has 20 heteroatoms. The minimum atomic E-state index is -1.11. The van der Waals surface area contributed by atoms with Gasteiger partial charge in [-0.25, -0.2) is 14.4 Å². The van der Waals surface area contributed by atoms with Crippen LogP contribution in [0, 0.1) is 29.1 Å². The molecule has 1 heterocycles. The molecule has 5 rings (SSSR count). The number of likely N-dealkylation sites (N-methyl/N-ethyl adjacent to an activating group) is 2. The number of primary amides is 1. The van der Waals surface area contributed by atoms with Crippen molar-refractivity contribution in [1.29, 1.82) is 0 Å². The Bertz CT molecular complexity index is 3120. The van der Waals surface area contributed by atoms with E-state index < -0.39 is 65.3 Å². The second kappa shape index (κ2) is 30.8. The summed E-state index contributed by atoms with van der Waals surface area (Å²) in [7, 11) is 3.65. The number of amides is 8. The van der Waals surface area contributed by atoms with Crippen LogP contribution < -0.4 is 47.9 Å². The maximum Gasteiger partial charge on any atom is 0.411 e. The van der Waals surface area contributed by atoms with Crippen molar-refractivity contribution in [2.45, 2.75) is 144 Å². The second-order valence-corrected chi connectivity index (χ2v) is 23.9. The Balaban J connectivity index is 1.17. The van der Waals surface area contributed by atoms with Crippen molar-refractivity contribution in [3.8, 4) is 11.8 Å². The number of nitrogens with two attached hydrogens (primary N) is 1. The average Bonchev–Trinajstić information content (AvgIpc) is 2.51. The summed E-state index contributed by atoms with van der Waals surface area (Å²) in [5.41, 5.74) is 9.55. The summed E-state index contributed by atoms with van der Waals surface area (Å²) >= 11 is 0. The van der Waals surface area contributed by atoms with E-state index in [-0.39, 0.29) is 86.2 Å². The zero-order valence-corrected chi connectivity index (χ0v) is 51.1. The van der Waals surface area contributed by atoms with Crippen LogP contribution in [-0.2, 0) is 52.1 Å². The lowest BCUT2D eigenvalue weighted by molar-refractivity contribution is -0.132. The standard InChI is InChI=1S/C65H86N10O10/c1-40(2)52(35-42(5)61(81)82)74(12)38-53(64(6,7)8)72-60(80)57(67-11)65(9,10)47-22-17-23-49(36-47)70-63(84)85-39-43-26-30-48(31-27-43)69-58(78)50(24-18-34-68-62(66)83)71-59(79)56(41(3)4)73-54(76)32-33-55(77)75-37-46-21-14-13-19-44(46)28-29-45-20-15-16-25-51(45)75/h13-17,19-23,25-27,30-31,35-36,40-41,50,52-53,56-57,67H,18,24,32-34,37-39H2,1-12H3,(H,69,78)(H,70,84)(H,71,79)(H,72,80)(H,73,76)(H,81,82)(H3,66,68,83)/b42-35+/t50-,52+,53+,56-,57?/m0/s1. The van der Waals surface area contributed by atoms with Gasteiger partial charge in [0, 0.05) is 71.5 Å². The van der Waals surface area contributed by atoms with Crippen LogP contribution in [0.1, 0.15) is 123 Å². The summed E-state index contributed by atoms with van der Waals surface area (Å²) < 4.78 is 5.58. The van der Waals surface area contributed by atoms with Crippen molar-refractivity contribution in [3.63, 3.8) is 0 Å². The molecule has 20 nitrogen and oxygen atoms in total. The molecular weight excluding hydrogens is 1080 g/mol. The van der Waals surface area contributed by atoms with E-state index in [9.17, 15) is 43.5 Å². The fourth-order valence-electron chi connectivity index (χ4n) is 9.95. The third-order valence-electron chi connectivity index (χ3n) is 15.1. The highest BCUT2D eigenvalue weighted by molar-refractivity contribution is 6.00. The summed E-state index contributed by atoms with van der Waals surface area (Å²) in [6, 6.07) is 24.5. The van der Waals surface area contributed by atoms with E-state index in [0.29, 0.717) is 34.7 Å². The summed E-state index contributed by atoms with van der Waals surface area (Å²) in [5, 5.41) is 29.7. The largest absolute Gasteiger partial charge is 0.478 e. The van der Waals surface area contributed by atoms with Crippen LogP contribution in [0.3, 0.4) is 0 Å². The van der Waals surface area contributed by atoms with Gasteiger partial charge < -0.3 is 52.4 Å². The molecule has 8 amide bonds. The van der Waals surface area contributed by atoms with E-state index in [4.69, 9.17) is 10.5 Å². The lowest BCUT2D eigenvalue weighted by Gasteiger charge is -2.40. The predicted molar refractivity (Wildman–Crippen MR) is 330 cm³/mol. The molecule has 0 aliphatic carbocycles. The number of nitrogens with one attached hydrogen (secondary N) is 7. The SMILES string of the molecule is CNC(C(=O)N[C@H](CN(C)[C@H](/C=C(\C)C(=O)O)C(C)C)C(C)(C)C)C(C)(C)c1cccc(NC(=O)OCc2ccc(NC(=O)[C@H](CCCNC(N)=O)NC(=O)[C@@H](NC(=O)CCC(=O)N3Cc4ccccc4C#Cc4ccccc43)C(C)C)cc2)c1. The number of aliphatic carboxylic acids is 1. The molecule has 4 aromatic carbocycles. The minimum Gasteiger partial charge on any atom is -0.478 e. The molecule has 1 unspecified atom stereocenters. The number of hydrogen-bond donors (Lipinski definition) is 9. The first-order valence-corrected chi connectivity index (χ1v) is 28.8. The van der Waals surface area contributed by atoms with Crippen LogP contribution in [0.25, 0.3) is 0 Å². The molecule has 1 aliphatic rings. The Kier molecular flexibility index (Phi) is 24.4. The normalized spacial score (nSPS) is 14.1. The highest BCUT2D eigenvalue weighted by Gasteiger charge is 2.39. The van der Waals surface area contributed by atoms with Crippen molar-refractivity contribution < 1.29 is 48.2 Å². The van der Waals surface area contributed by atoms with E-state index in [1.165, 1.54) is 0 Å². The fraction of sp³-hybridized carbons (Fsp3) is 0.446. The van der Waals surface area contributed by atoms with Gasteiger partial charge in [-0.05, 0) is 110 Å². The monoisotopic (exact) mass is 1170 g/mol. The number of fused-ring (bicyclic) bond motifs is 2. The summed E-state index contributed by atoms with van der Waals surface area (Å²) in [6.45, 7) is 19.9. The van der Waals surface area contributed by atoms with Gasteiger partial charge in [0.1, 0.15) is 18.7 Å². The minimum absolute atomic E-state index is 0.0929. The molecule has 0 aromatic heterocycles. The molecule has 0 radical (unpaired) electrons. The van der Waals surface area contributed by atoms with E-state index in [0.717, 1.165) is 16.7 Å². The van der Waals surface area contributed by atoms with Crippen molar-refractivity contribution in [1.82, 2.24) is 31.5 Å². The van der Waals surface area contributed by atoms with Crippen LogP contribution in [0.5, 0.6) is 0 Å². The Morgan fingerprint density at radius 1 is 0.765 bits per heavy atom. The topological polar surface area (TPSA) is 283 Å². The molecule has 0 spiro atoms. The lowest BCUT2D eigenvalue weighted by atomic mass is 9.76. The first-order chi connectivity index (χ1) is 40.1. The van der Waals surface area contributed by atoms with E-state index in [1.807, 2.05) is 89.3 Å². The number of carbonyl (C=O) groups is 8. The third kappa shape index (κ3) is 19.8. The molecule has 5 atom stereocenters. The number of carboxylic acid groups (broad SMARTS) is 1. The Hall–Kier alpha value is -8.54. The molecule has 0 bridgehead atoms. The maximum absolute atomic E-state index is 14.2. The predicted octanol–water partition coefficient (Wildman–Crippen LogP) is 7.56. The molecule has 10 N–H and O–H groups in total. The number of carboxylic acids is 1. The van der Waals surface area contributed by atoms with Crippen LogP contribution >= 0.6 is 0 Å². The number of para-hydroxylation sites is 1. The van der Waals surface area contributed by atoms with Crippen molar-refractivity contribution in [2.75, 3.05) is 42.7 Å². The lowest BCUT2D eigenvalue weighted by Crippen LogP contribution is -2.59. The average molecular weight is 1170 g/mol. The van der Waals surface area contributed by atoms with Gasteiger partial charge in [-0.1, -0.05) is 135 Å². The quantitative estimate of drug-likeness (QED) is 0.0159. The smallest absolute Gasteiger partial charge is 0.411 e. The first-order valence-electron chi connectivity index (χ1n) is 28.8. The molecule has 0 fully saturated rings. The Labute approximate surface area is 500 Å². The molecule has 1 aliphatic heterocycles. The van der Waals surface area contributed by atoms with Gasteiger partial charge in [-0.15, -0.1) is 0 Å². The van der Waals surface area contributed by atoms with Gasteiger partial charge in [-0.2, -0.15) is 0 Å². The Morgan fingerprint density at radius 2 is 1.42 bits per heavy atom. The molecule has 4 aromatic rings. The number of nitrogens with zero attached hydrogens (tertiary/aromatic N) is 2. The van der Waals surface area contributed by atoms with Crippen LogP contribution in [0.15, 0.2) is 109 Å². The van der Waals surface area contributed by atoms with Crippen molar-refractivity contribution in [3.05, 3.63) is 137 Å². The fourth-order valence-corrected chi connectivity index (χ4v) is 9.95. The number of benzene rings is 4. The van der Waals surface area contributed by atoms with Gasteiger partial charge in [0.25, 0.3) is 0 Å². The molecule has 85 heavy (non-hydrogen) atoms. The number of ether oxygens (including phenoxy) is 1. The Morgan fingerprint density at radius 3 is 2.06 bits per heavy atom.